The number of benzene rings is 2. The molecular formula is C15H18S. The molecule has 0 bridgehead atoms. The van der Waals surface area contributed by atoms with Crippen LogP contribution in [-0.2, 0) is 6.42 Å². The van der Waals surface area contributed by atoms with Crippen LogP contribution in [0.1, 0.15) is 26.3 Å². The molecule has 2 rings (SSSR count). The van der Waals surface area contributed by atoms with E-state index in [4.69, 9.17) is 0 Å². The van der Waals surface area contributed by atoms with E-state index in [0.29, 0.717) is 5.41 Å². The molecule has 0 aliphatic carbocycles. The highest BCUT2D eigenvalue weighted by Gasteiger charge is 2.11. The molecule has 0 atom stereocenters. The maximum absolute atomic E-state index is 4.47. The Balaban J connectivity index is 2.45. The van der Waals surface area contributed by atoms with Crippen molar-refractivity contribution in [2.24, 2.45) is 5.41 Å². The van der Waals surface area contributed by atoms with Gasteiger partial charge in [-0.25, -0.2) is 0 Å². The first-order valence-corrected chi connectivity index (χ1v) is 6.11. The minimum atomic E-state index is 0.340. The fraction of sp³-hybridized carbons (Fsp3) is 0.333. The fourth-order valence-electron chi connectivity index (χ4n) is 2.04. The normalized spacial score (nSPS) is 12.0. The Morgan fingerprint density at radius 3 is 2.50 bits per heavy atom. The Hall–Kier alpha value is -0.950. The second-order valence-electron chi connectivity index (χ2n) is 5.57. The van der Waals surface area contributed by atoms with Crippen molar-refractivity contribution in [3.63, 3.8) is 0 Å². The topological polar surface area (TPSA) is 0 Å². The number of rotatable bonds is 1. The van der Waals surface area contributed by atoms with Gasteiger partial charge in [0.25, 0.3) is 0 Å². The van der Waals surface area contributed by atoms with E-state index in [1.54, 1.807) is 0 Å². The lowest BCUT2D eigenvalue weighted by molar-refractivity contribution is 0.411. The van der Waals surface area contributed by atoms with Crippen LogP contribution in [0.25, 0.3) is 10.8 Å². The third-order valence-corrected chi connectivity index (χ3v) is 3.05. The highest BCUT2D eigenvalue weighted by atomic mass is 32.1. The molecule has 2 aromatic rings. The zero-order valence-electron chi connectivity index (χ0n) is 10.1. The molecule has 0 nitrogen and oxygen atoms in total. The maximum Gasteiger partial charge on any atom is 0.0119 e. The molecule has 0 aliphatic rings. The summed E-state index contributed by atoms with van der Waals surface area (Å²) >= 11 is 4.47. The van der Waals surface area contributed by atoms with E-state index in [9.17, 15) is 0 Å². The van der Waals surface area contributed by atoms with Crippen LogP contribution in [0.3, 0.4) is 0 Å². The van der Waals surface area contributed by atoms with Gasteiger partial charge in [-0.15, -0.1) is 12.6 Å². The third-order valence-electron chi connectivity index (χ3n) is 2.66. The van der Waals surface area contributed by atoms with Crippen molar-refractivity contribution in [1.82, 2.24) is 0 Å². The van der Waals surface area contributed by atoms with Crippen molar-refractivity contribution in [2.45, 2.75) is 32.1 Å². The zero-order valence-corrected chi connectivity index (χ0v) is 11.0. The summed E-state index contributed by atoms with van der Waals surface area (Å²) in [5, 5.41) is 2.53. The van der Waals surface area contributed by atoms with Gasteiger partial charge in [-0.2, -0.15) is 0 Å². The first kappa shape index (κ1) is 11.5. The highest BCUT2D eigenvalue weighted by molar-refractivity contribution is 7.80. The molecule has 0 radical (unpaired) electrons. The van der Waals surface area contributed by atoms with Crippen LogP contribution in [0.5, 0.6) is 0 Å². The third kappa shape index (κ3) is 2.59. The second-order valence-corrected chi connectivity index (χ2v) is 6.05. The summed E-state index contributed by atoms with van der Waals surface area (Å²) in [6, 6.07) is 12.9. The summed E-state index contributed by atoms with van der Waals surface area (Å²) < 4.78 is 0. The van der Waals surface area contributed by atoms with E-state index in [2.05, 4.69) is 63.7 Å². The van der Waals surface area contributed by atoms with E-state index in [1.165, 1.54) is 16.3 Å². The first-order chi connectivity index (χ1) is 7.46. The average molecular weight is 230 g/mol. The molecule has 84 valence electrons. The molecule has 0 unspecified atom stereocenters. The average Bonchev–Trinajstić information content (AvgIpc) is 2.15. The van der Waals surface area contributed by atoms with Crippen LogP contribution in [0.4, 0.5) is 0 Å². The van der Waals surface area contributed by atoms with E-state index in [-0.39, 0.29) is 0 Å². The van der Waals surface area contributed by atoms with E-state index in [1.807, 2.05) is 6.07 Å². The quantitative estimate of drug-likeness (QED) is 0.673. The second kappa shape index (κ2) is 4.14. The molecule has 0 aromatic heterocycles. The lowest BCUT2D eigenvalue weighted by atomic mass is 9.87. The van der Waals surface area contributed by atoms with E-state index >= 15 is 0 Å². The van der Waals surface area contributed by atoms with E-state index in [0.717, 1.165) is 11.3 Å². The standard InChI is InChI=1S/C15H18S/c1-15(2,3)10-11-7-8-13-12(9-11)5-4-6-14(13)16/h4-9,16H,10H2,1-3H3. The van der Waals surface area contributed by atoms with Crippen LogP contribution in [0, 0.1) is 5.41 Å². The minimum absolute atomic E-state index is 0.340. The lowest BCUT2D eigenvalue weighted by Gasteiger charge is -2.18. The van der Waals surface area contributed by atoms with Crippen LogP contribution in [0.2, 0.25) is 0 Å². The van der Waals surface area contributed by atoms with Gasteiger partial charge < -0.3 is 0 Å². The highest BCUT2D eigenvalue weighted by Crippen LogP contribution is 2.26. The summed E-state index contributed by atoms with van der Waals surface area (Å²) in [7, 11) is 0. The fourth-order valence-corrected chi connectivity index (χ4v) is 2.33. The molecule has 1 heteroatoms. The SMILES string of the molecule is CC(C)(C)Cc1ccc2c(S)cccc2c1. The number of thiol groups is 1. The van der Waals surface area contributed by atoms with Gasteiger partial charge in [-0.3, -0.25) is 0 Å². The van der Waals surface area contributed by atoms with Gasteiger partial charge in [-0.05, 0) is 34.2 Å². The maximum atomic E-state index is 4.47. The monoisotopic (exact) mass is 230 g/mol. The van der Waals surface area contributed by atoms with Crippen LogP contribution < -0.4 is 0 Å². The Morgan fingerprint density at radius 1 is 1.06 bits per heavy atom. The van der Waals surface area contributed by atoms with Crippen LogP contribution in [0.15, 0.2) is 41.3 Å². The molecule has 0 heterocycles. The summed E-state index contributed by atoms with van der Waals surface area (Å²) in [5.74, 6) is 0. The summed E-state index contributed by atoms with van der Waals surface area (Å²) in [6.45, 7) is 6.81. The molecule has 2 aromatic carbocycles. The van der Waals surface area contributed by atoms with Gasteiger partial charge in [-0.1, -0.05) is 51.1 Å². The van der Waals surface area contributed by atoms with Crippen molar-refractivity contribution in [2.75, 3.05) is 0 Å². The Morgan fingerprint density at radius 2 is 1.81 bits per heavy atom. The van der Waals surface area contributed by atoms with Gasteiger partial charge in [0.15, 0.2) is 0 Å². The van der Waals surface area contributed by atoms with Gasteiger partial charge in [0, 0.05) is 4.90 Å². The molecular weight excluding hydrogens is 212 g/mol. The smallest absolute Gasteiger partial charge is 0.0119 e. The van der Waals surface area contributed by atoms with Crippen LogP contribution >= 0.6 is 12.6 Å². The van der Waals surface area contributed by atoms with Crippen molar-refractivity contribution in [3.8, 4) is 0 Å². The Bertz CT molecular complexity index is 506. The van der Waals surface area contributed by atoms with Gasteiger partial charge in [0.2, 0.25) is 0 Å². The summed E-state index contributed by atoms with van der Waals surface area (Å²) in [5.41, 5.74) is 1.74. The molecule has 0 amide bonds. The molecule has 0 N–H and O–H groups in total. The number of hydrogen-bond donors (Lipinski definition) is 1. The number of hydrogen-bond acceptors (Lipinski definition) is 1. The van der Waals surface area contributed by atoms with Gasteiger partial charge in [0.05, 0.1) is 0 Å². The Kier molecular flexibility index (Phi) is 2.98. The zero-order chi connectivity index (χ0) is 11.8. The first-order valence-electron chi connectivity index (χ1n) is 5.66. The summed E-state index contributed by atoms with van der Waals surface area (Å²) in [4.78, 5) is 1.06. The predicted molar refractivity (Wildman–Crippen MR) is 74.4 cm³/mol. The molecule has 0 fully saturated rings. The largest absolute Gasteiger partial charge is 0.143 e. The van der Waals surface area contributed by atoms with Crippen molar-refractivity contribution >= 4 is 23.4 Å². The minimum Gasteiger partial charge on any atom is -0.143 e. The van der Waals surface area contributed by atoms with Crippen molar-refractivity contribution < 1.29 is 0 Å². The molecule has 0 aliphatic heterocycles. The predicted octanol–water partition coefficient (Wildman–Crippen LogP) is 4.72. The Labute approximate surface area is 103 Å². The van der Waals surface area contributed by atoms with Crippen molar-refractivity contribution in [3.05, 3.63) is 42.0 Å². The summed E-state index contributed by atoms with van der Waals surface area (Å²) in [6.07, 6.45) is 1.11. The van der Waals surface area contributed by atoms with Crippen LogP contribution in [-0.4, -0.2) is 0 Å². The van der Waals surface area contributed by atoms with Gasteiger partial charge >= 0.3 is 0 Å². The van der Waals surface area contributed by atoms with Crippen molar-refractivity contribution in [1.29, 1.82) is 0 Å². The molecule has 0 saturated carbocycles. The lowest BCUT2D eigenvalue weighted by Crippen LogP contribution is -2.08. The van der Waals surface area contributed by atoms with E-state index < -0.39 is 0 Å². The molecule has 16 heavy (non-hydrogen) atoms. The number of fused-ring (bicyclic) bond motifs is 1. The molecule has 0 spiro atoms. The van der Waals surface area contributed by atoms with Gasteiger partial charge in [0.1, 0.15) is 0 Å². The molecule has 0 saturated heterocycles.